The molecule has 0 radical (unpaired) electrons. The van der Waals surface area contributed by atoms with E-state index in [1.807, 2.05) is 0 Å². The number of hydrogen-bond donors (Lipinski definition) is 1. The number of carbonyl (C=O) groups is 1. The zero-order chi connectivity index (χ0) is 12.3. The number of aliphatic hydroxyl groups excluding tert-OH is 1. The number of carbonyl (C=O) groups excluding carboxylic acids is 1. The Labute approximate surface area is 105 Å². The molecule has 0 spiro atoms. The minimum absolute atomic E-state index is 0.00560. The number of aliphatic hydroxyl groups is 1. The van der Waals surface area contributed by atoms with Crippen LogP contribution in [0.5, 0.6) is 5.75 Å². The van der Waals surface area contributed by atoms with E-state index in [0.29, 0.717) is 30.3 Å². The molecule has 1 N–H and O–H groups in total. The second kappa shape index (κ2) is 5.38. The Morgan fingerprint density at radius 3 is 2.76 bits per heavy atom. The number of likely N-dealkylation sites (tertiary alicyclic amines) is 1. The third-order valence-corrected chi connectivity index (χ3v) is 2.94. The first-order chi connectivity index (χ1) is 8.15. The van der Waals surface area contributed by atoms with Gasteiger partial charge in [0.1, 0.15) is 5.75 Å². The molecular formula is C12H14ClNO3. The lowest BCUT2D eigenvalue weighted by Gasteiger charge is -2.15. The van der Waals surface area contributed by atoms with Gasteiger partial charge in [0.25, 0.3) is 5.91 Å². The van der Waals surface area contributed by atoms with Crippen LogP contribution in [0.25, 0.3) is 0 Å². The summed E-state index contributed by atoms with van der Waals surface area (Å²) in [5.41, 5.74) is 0. The Morgan fingerprint density at radius 2 is 2.18 bits per heavy atom. The quantitative estimate of drug-likeness (QED) is 0.886. The molecule has 1 aliphatic heterocycles. The fourth-order valence-electron chi connectivity index (χ4n) is 1.74. The maximum atomic E-state index is 11.7. The second-order valence-corrected chi connectivity index (χ2v) is 4.46. The summed E-state index contributed by atoms with van der Waals surface area (Å²) in [7, 11) is 0. The average Bonchev–Trinajstić information content (AvgIpc) is 2.75. The Hall–Kier alpha value is -1.26. The summed E-state index contributed by atoms with van der Waals surface area (Å²) in [6, 6.07) is 6.85. The van der Waals surface area contributed by atoms with Crippen molar-refractivity contribution in [2.75, 3.05) is 19.7 Å². The predicted octanol–water partition coefficient (Wildman–Crippen LogP) is 1.31. The number of hydrogen-bond acceptors (Lipinski definition) is 3. The molecule has 0 bridgehead atoms. The van der Waals surface area contributed by atoms with Gasteiger partial charge in [-0.25, -0.2) is 0 Å². The average molecular weight is 256 g/mol. The van der Waals surface area contributed by atoms with Crippen LogP contribution in [0.15, 0.2) is 24.3 Å². The molecule has 1 amide bonds. The number of ether oxygens (including phenoxy) is 1. The topological polar surface area (TPSA) is 49.8 Å². The van der Waals surface area contributed by atoms with Crippen molar-refractivity contribution < 1.29 is 14.6 Å². The number of halogens is 1. The molecule has 0 unspecified atom stereocenters. The van der Waals surface area contributed by atoms with Gasteiger partial charge >= 0.3 is 0 Å². The largest absolute Gasteiger partial charge is 0.484 e. The van der Waals surface area contributed by atoms with E-state index in [0.717, 1.165) is 0 Å². The fraction of sp³-hybridized carbons (Fsp3) is 0.417. The molecule has 1 aliphatic rings. The predicted molar refractivity (Wildman–Crippen MR) is 64.2 cm³/mol. The first kappa shape index (κ1) is 12.2. The van der Waals surface area contributed by atoms with E-state index >= 15 is 0 Å². The molecule has 5 heteroatoms. The fourth-order valence-corrected chi connectivity index (χ4v) is 1.86. The van der Waals surface area contributed by atoms with E-state index in [9.17, 15) is 9.90 Å². The van der Waals surface area contributed by atoms with Crippen LogP contribution in [0.1, 0.15) is 6.42 Å². The lowest BCUT2D eigenvalue weighted by molar-refractivity contribution is -0.132. The number of rotatable bonds is 3. The molecule has 17 heavy (non-hydrogen) atoms. The van der Waals surface area contributed by atoms with Gasteiger partial charge in [-0.15, -0.1) is 0 Å². The highest BCUT2D eigenvalue weighted by Gasteiger charge is 2.24. The van der Waals surface area contributed by atoms with Crippen LogP contribution in [0.4, 0.5) is 0 Å². The maximum absolute atomic E-state index is 11.7. The Balaban J connectivity index is 1.82. The van der Waals surface area contributed by atoms with Gasteiger partial charge in [-0.3, -0.25) is 4.79 Å². The number of amides is 1. The maximum Gasteiger partial charge on any atom is 0.260 e. The minimum Gasteiger partial charge on any atom is -0.484 e. The Morgan fingerprint density at radius 1 is 1.47 bits per heavy atom. The molecule has 0 saturated carbocycles. The molecule has 1 aromatic carbocycles. The monoisotopic (exact) mass is 255 g/mol. The summed E-state index contributed by atoms with van der Waals surface area (Å²) >= 11 is 5.74. The van der Waals surface area contributed by atoms with Gasteiger partial charge in [-0.05, 0) is 30.7 Å². The van der Waals surface area contributed by atoms with Gasteiger partial charge in [0.05, 0.1) is 6.10 Å². The van der Waals surface area contributed by atoms with Crippen LogP contribution in [0.3, 0.4) is 0 Å². The van der Waals surface area contributed by atoms with Crippen LogP contribution in [0.2, 0.25) is 5.02 Å². The lowest BCUT2D eigenvalue weighted by atomic mass is 10.3. The van der Waals surface area contributed by atoms with Crippen LogP contribution in [-0.2, 0) is 4.79 Å². The normalized spacial score (nSPS) is 19.4. The summed E-state index contributed by atoms with van der Waals surface area (Å²) in [5, 5.41) is 9.95. The molecule has 0 aromatic heterocycles. The summed E-state index contributed by atoms with van der Waals surface area (Å²) in [6.45, 7) is 1.00. The first-order valence-corrected chi connectivity index (χ1v) is 5.87. The van der Waals surface area contributed by atoms with Gasteiger partial charge in [-0.1, -0.05) is 11.6 Å². The molecule has 1 fully saturated rings. The van der Waals surface area contributed by atoms with Crippen molar-refractivity contribution in [2.45, 2.75) is 12.5 Å². The summed E-state index contributed by atoms with van der Waals surface area (Å²) in [6.07, 6.45) is 0.252. The molecule has 4 nitrogen and oxygen atoms in total. The van der Waals surface area contributed by atoms with Gasteiger partial charge in [0.2, 0.25) is 0 Å². The van der Waals surface area contributed by atoms with E-state index in [4.69, 9.17) is 16.3 Å². The molecule has 92 valence electrons. The van der Waals surface area contributed by atoms with Crippen molar-refractivity contribution in [3.8, 4) is 5.75 Å². The first-order valence-electron chi connectivity index (χ1n) is 5.49. The third kappa shape index (κ3) is 3.35. The molecule has 1 saturated heterocycles. The van der Waals surface area contributed by atoms with E-state index < -0.39 is 6.10 Å². The number of nitrogens with zero attached hydrogens (tertiary/aromatic N) is 1. The summed E-state index contributed by atoms with van der Waals surface area (Å²) < 4.78 is 5.34. The van der Waals surface area contributed by atoms with E-state index in [2.05, 4.69) is 0 Å². The molecule has 1 atom stereocenters. The Kier molecular flexibility index (Phi) is 3.86. The zero-order valence-corrected chi connectivity index (χ0v) is 10.1. The van der Waals surface area contributed by atoms with Crippen molar-refractivity contribution in [1.82, 2.24) is 4.90 Å². The van der Waals surface area contributed by atoms with Crippen molar-refractivity contribution >= 4 is 17.5 Å². The molecule has 2 rings (SSSR count). The van der Waals surface area contributed by atoms with E-state index in [-0.39, 0.29) is 12.5 Å². The van der Waals surface area contributed by atoms with E-state index in [1.54, 1.807) is 29.2 Å². The summed E-state index contributed by atoms with van der Waals surface area (Å²) in [4.78, 5) is 13.3. The standard InChI is InChI=1S/C12H14ClNO3/c13-9-1-3-11(4-2-9)17-8-12(16)14-6-5-10(15)7-14/h1-4,10,15H,5-8H2/t10-/m1/s1. The third-order valence-electron chi connectivity index (χ3n) is 2.69. The molecule has 1 heterocycles. The van der Waals surface area contributed by atoms with Crippen LogP contribution >= 0.6 is 11.6 Å². The van der Waals surface area contributed by atoms with Gasteiger partial charge < -0.3 is 14.7 Å². The Bertz CT molecular complexity index is 393. The van der Waals surface area contributed by atoms with Crippen LogP contribution < -0.4 is 4.74 Å². The SMILES string of the molecule is O=C(COc1ccc(Cl)cc1)N1CC[C@@H](O)C1. The molecule has 1 aromatic rings. The van der Waals surface area contributed by atoms with Crippen LogP contribution in [0, 0.1) is 0 Å². The highest BCUT2D eigenvalue weighted by molar-refractivity contribution is 6.30. The number of benzene rings is 1. The van der Waals surface area contributed by atoms with Gasteiger partial charge in [0, 0.05) is 18.1 Å². The highest BCUT2D eigenvalue weighted by atomic mass is 35.5. The van der Waals surface area contributed by atoms with Crippen molar-refractivity contribution in [3.05, 3.63) is 29.3 Å². The van der Waals surface area contributed by atoms with Crippen molar-refractivity contribution in [2.24, 2.45) is 0 Å². The zero-order valence-electron chi connectivity index (χ0n) is 9.30. The smallest absolute Gasteiger partial charge is 0.260 e. The summed E-state index contributed by atoms with van der Waals surface area (Å²) in [5.74, 6) is 0.513. The van der Waals surface area contributed by atoms with Crippen LogP contribution in [-0.4, -0.2) is 41.7 Å². The van der Waals surface area contributed by atoms with Crippen molar-refractivity contribution in [1.29, 1.82) is 0 Å². The van der Waals surface area contributed by atoms with Gasteiger partial charge in [-0.2, -0.15) is 0 Å². The molecule has 0 aliphatic carbocycles. The minimum atomic E-state index is -0.394. The lowest BCUT2D eigenvalue weighted by Crippen LogP contribution is -2.33. The second-order valence-electron chi connectivity index (χ2n) is 4.02. The van der Waals surface area contributed by atoms with E-state index in [1.165, 1.54) is 0 Å². The van der Waals surface area contributed by atoms with Crippen molar-refractivity contribution in [3.63, 3.8) is 0 Å². The highest BCUT2D eigenvalue weighted by Crippen LogP contribution is 2.16. The number of β-amino-alcohol motifs (C(OH)–C–C–N with tert-alkyl or cyclic N) is 1. The molecular weight excluding hydrogens is 242 g/mol. The van der Waals surface area contributed by atoms with Gasteiger partial charge in [0.15, 0.2) is 6.61 Å².